The number of sulfonamides is 1. The summed E-state index contributed by atoms with van der Waals surface area (Å²) in [7, 11) is -2.22. The van der Waals surface area contributed by atoms with Crippen LogP contribution in [0.1, 0.15) is 26.3 Å². The molecule has 0 saturated carbocycles. The highest BCUT2D eigenvalue weighted by atomic mass is 32.2. The summed E-state index contributed by atoms with van der Waals surface area (Å²) in [5.41, 5.74) is 3.88. The predicted molar refractivity (Wildman–Crippen MR) is 161 cm³/mol. The molecule has 42 heavy (non-hydrogen) atoms. The van der Waals surface area contributed by atoms with Crippen LogP contribution in [0.15, 0.2) is 125 Å². The van der Waals surface area contributed by atoms with E-state index in [0.717, 1.165) is 10.8 Å². The molecule has 0 spiro atoms. The van der Waals surface area contributed by atoms with E-state index >= 15 is 0 Å². The molecule has 2 N–H and O–H groups in total. The Balaban J connectivity index is 1.31. The van der Waals surface area contributed by atoms with E-state index in [9.17, 15) is 18.0 Å². The summed E-state index contributed by atoms with van der Waals surface area (Å²) in [5.74, 6) is -0.193. The van der Waals surface area contributed by atoms with Crippen molar-refractivity contribution in [1.29, 1.82) is 0 Å². The third-order valence-corrected chi connectivity index (χ3v) is 7.67. The third kappa shape index (κ3) is 6.45. The van der Waals surface area contributed by atoms with Crippen LogP contribution in [0.25, 0.3) is 10.8 Å². The van der Waals surface area contributed by atoms with Crippen molar-refractivity contribution in [2.45, 2.75) is 4.90 Å². The smallest absolute Gasteiger partial charge is 0.343 e. The summed E-state index contributed by atoms with van der Waals surface area (Å²) in [5, 5.41) is 5.77. The molecular formula is C32H25N3O6S. The molecule has 0 aromatic heterocycles. The van der Waals surface area contributed by atoms with Gasteiger partial charge in [0.05, 0.1) is 23.8 Å². The molecule has 5 rings (SSSR count). The number of fused-ring (bicyclic) bond motifs is 1. The molecule has 0 unspecified atom stereocenters. The number of benzene rings is 5. The van der Waals surface area contributed by atoms with Crippen molar-refractivity contribution in [2.24, 2.45) is 5.10 Å². The van der Waals surface area contributed by atoms with Gasteiger partial charge in [-0.1, -0.05) is 48.5 Å². The first kappa shape index (κ1) is 28.1. The molecule has 5 aromatic rings. The lowest BCUT2D eigenvalue weighted by atomic mass is 10.0. The summed E-state index contributed by atoms with van der Waals surface area (Å²) in [6, 6.07) is 31.5. The van der Waals surface area contributed by atoms with Gasteiger partial charge in [0.1, 0.15) is 11.5 Å². The molecule has 0 saturated heterocycles. The number of methoxy groups -OCH3 is 1. The predicted octanol–water partition coefficient (Wildman–Crippen LogP) is 5.63. The van der Waals surface area contributed by atoms with Crippen LogP contribution in [-0.2, 0) is 10.0 Å². The van der Waals surface area contributed by atoms with E-state index in [4.69, 9.17) is 9.47 Å². The van der Waals surface area contributed by atoms with E-state index in [-0.39, 0.29) is 16.2 Å². The maximum Gasteiger partial charge on any atom is 0.343 e. The number of amides is 1. The van der Waals surface area contributed by atoms with Gasteiger partial charge in [0.25, 0.3) is 15.9 Å². The standard InChI is InChI=1S/C32H25N3O6S/c1-40-26-18-13-24(14-19-26)32(37)41-30-20-15-22-7-5-6-10-28(22)29(30)21-33-34-31(36)23-11-16-25(17-12-23)35-42(38,39)27-8-3-2-4-9-27/h2-21,35H,1H3,(H,34,36)/b33-21-. The normalized spacial score (nSPS) is 11.3. The number of carbonyl (C=O) groups is 2. The van der Waals surface area contributed by atoms with Crippen molar-refractivity contribution in [3.05, 3.63) is 132 Å². The Hall–Kier alpha value is -5.48. The van der Waals surface area contributed by atoms with Crippen LogP contribution in [0.5, 0.6) is 11.5 Å². The number of hydrazone groups is 1. The lowest BCUT2D eigenvalue weighted by Crippen LogP contribution is -2.18. The lowest BCUT2D eigenvalue weighted by Gasteiger charge is -2.11. The van der Waals surface area contributed by atoms with Gasteiger partial charge in [0.2, 0.25) is 0 Å². The second-order valence-corrected chi connectivity index (χ2v) is 10.7. The number of nitrogens with zero attached hydrogens (tertiary/aromatic N) is 1. The van der Waals surface area contributed by atoms with Crippen LogP contribution in [0.4, 0.5) is 5.69 Å². The number of carbonyl (C=O) groups excluding carboxylic acids is 2. The first-order chi connectivity index (χ1) is 20.3. The van der Waals surface area contributed by atoms with Crippen LogP contribution in [0, 0.1) is 0 Å². The van der Waals surface area contributed by atoms with E-state index < -0.39 is 21.9 Å². The average Bonchev–Trinajstić information content (AvgIpc) is 3.02. The molecule has 0 aliphatic rings. The largest absolute Gasteiger partial charge is 0.497 e. The van der Waals surface area contributed by atoms with Gasteiger partial charge in [-0.05, 0) is 77.5 Å². The number of nitrogens with one attached hydrogen (secondary N) is 2. The Labute approximate surface area is 242 Å². The molecule has 0 atom stereocenters. The Morgan fingerprint density at radius 1 is 0.762 bits per heavy atom. The number of rotatable bonds is 9. The molecule has 0 heterocycles. The zero-order valence-corrected chi connectivity index (χ0v) is 23.2. The van der Waals surface area contributed by atoms with Crippen LogP contribution in [0.2, 0.25) is 0 Å². The van der Waals surface area contributed by atoms with Crippen LogP contribution in [0.3, 0.4) is 0 Å². The average molecular weight is 580 g/mol. The van der Waals surface area contributed by atoms with Crippen LogP contribution in [-0.4, -0.2) is 33.6 Å². The summed E-state index contributed by atoms with van der Waals surface area (Å²) in [6.45, 7) is 0. The Kier molecular flexibility index (Phi) is 8.26. The molecule has 0 aliphatic carbocycles. The number of ether oxygens (including phenoxy) is 2. The third-order valence-electron chi connectivity index (χ3n) is 6.27. The summed E-state index contributed by atoms with van der Waals surface area (Å²) in [6.07, 6.45) is 1.42. The van der Waals surface area contributed by atoms with Crippen molar-refractivity contribution in [3.8, 4) is 11.5 Å². The summed E-state index contributed by atoms with van der Waals surface area (Å²) in [4.78, 5) is 25.7. The van der Waals surface area contributed by atoms with Gasteiger partial charge >= 0.3 is 5.97 Å². The van der Waals surface area contributed by atoms with Gasteiger partial charge in [-0.15, -0.1) is 0 Å². The molecule has 0 fully saturated rings. The molecular weight excluding hydrogens is 554 g/mol. The maximum atomic E-state index is 12.8. The molecule has 9 nitrogen and oxygen atoms in total. The molecule has 0 radical (unpaired) electrons. The van der Waals surface area contributed by atoms with E-state index in [0.29, 0.717) is 22.6 Å². The van der Waals surface area contributed by atoms with Gasteiger partial charge in [0, 0.05) is 16.8 Å². The van der Waals surface area contributed by atoms with Crippen molar-refractivity contribution in [1.82, 2.24) is 5.43 Å². The summed E-state index contributed by atoms with van der Waals surface area (Å²) >= 11 is 0. The molecule has 0 bridgehead atoms. The minimum absolute atomic E-state index is 0.128. The van der Waals surface area contributed by atoms with Crippen molar-refractivity contribution in [2.75, 3.05) is 11.8 Å². The van der Waals surface area contributed by atoms with Crippen LogP contribution < -0.4 is 19.6 Å². The van der Waals surface area contributed by atoms with E-state index in [1.165, 1.54) is 42.6 Å². The van der Waals surface area contributed by atoms with Crippen LogP contribution >= 0.6 is 0 Å². The quantitative estimate of drug-likeness (QED) is 0.101. The number of esters is 1. The first-order valence-electron chi connectivity index (χ1n) is 12.7. The van der Waals surface area contributed by atoms with E-state index in [2.05, 4.69) is 15.2 Å². The highest BCUT2D eigenvalue weighted by molar-refractivity contribution is 7.92. The topological polar surface area (TPSA) is 123 Å². The minimum Gasteiger partial charge on any atom is -0.497 e. The van der Waals surface area contributed by atoms with Crippen molar-refractivity contribution >= 4 is 44.6 Å². The molecule has 210 valence electrons. The fourth-order valence-corrected chi connectivity index (χ4v) is 5.19. The van der Waals surface area contributed by atoms with Gasteiger partial charge in [-0.3, -0.25) is 9.52 Å². The minimum atomic E-state index is -3.76. The van der Waals surface area contributed by atoms with E-state index in [1.807, 2.05) is 30.3 Å². The molecule has 0 aliphatic heterocycles. The second-order valence-electron chi connectivity index (χ2n) is 9.01. The number of hydrogen-bond acceptors (Lipinski definition) is 7. The first-order valence-corrected chi connectivity index (χ1v) is 14.2. The van der Waals surface area contributed by atoms with Crippen molar-refractivity contribution < 1.29 is 27.5 Å². The van der Waals surface area contributed by atoms with E-state index in [1.54, 1.807) is 55.6 Å². The molecule has 5 aromatic carbocycles. The Morgan fingerprint density at radius 3 is 2.14 bits per heavy atom. The Bertz CT molecular complexity index is 1870. The number of anilines is 1. The van der Waals surface area contributed by atoms with Crippen molar-refractivity contribution in [3.63, 3.8) is 0 Å². The summed E-state index contributed by atoms with van der Waals surface area (Å²) < 4.78 is 38.4. The SMILES string of the molecule is COc1ccc(C(=O)Oc2ccc3ccccc3c2/C=N\NC(=O)c2ccc(NS(=O)(=O)c3ccccc3)cc2)cc1. The molecule has 10 heteroatoms. The fourth-order valence-electron chi connectivity index (χ4n) is 4.11. The fraction of sp³-hybridized carbons (Fsp3) is 0.0312. The maximum absolute atomic E-state index is 12.8. The van der Waals surface area contributed by atoms with Gasteiger partial charge in [0.15, 0.2) is 0 Å². The molecule has 1 amide bonds. The highest BCUT2D eigenvalue weighted by Gasteiger charge is 2.15. The van der Waals surface area contributed by atoms with Gasteiger partial charge < -0.3 is 9.47 Å². The Morgan fingerprint density at radius 2 is 1.43 bits per heavy atom. The zero-order chi connectivity index (χ0) is 29.5. The van der Waals surface area contributed by atoms with Gasteiger partial charge in [-0.2, -0.15) is 5.10 Å². The zero-order valence-electron chi connectivity index (χ0n) is 22.4. The van der Waals surface area contributed by atoms with Gasteiger partial charge in [-0.25, -0.2) is 18.6 Å². The number of hydrogen-bond donors (Lipinski definition) is 2. The monoisotopic (exact) mass is 579 g/mol. The lowest BCUT2D eigenvalue weighted by molar-refractivity contribution is 0.0734. The highest BCUT2D eigenvalue weighted by Crippen LogP contribution is 2.28. The second kappa shape index (κ2) is 12.4.